The zero-order valence-electron chi connectivity index (χ0n) is 12.7. The second-order valence-electron chi connectivity index (χ2n) is 5.38. The van der Waals surface area contributed by atoms with Crippen molar-refractivity contribution in [3.8, 4) is 0 Å². The first-order valence-corrected chi connectivity index (χ1v) is 7.24. The highest BCUT2D eigenvalue weighted by Crippen LogP contribution is 2.27. The van der Waals surface area contributed by atoms with Crippen LogP contribution >= 0.6 is 0 Å². The van der Waals surface area contributed by atoms with Gasteiger partial charge in [-0.2, -0.15) is 0 Å². The third-order valence-corrected chi connectivity index (χ3v) is 3.90. The first-order chi connectivity index (χ1) is 9.93. The SMILES string of the molecule is CCc1nc2cc(C)c(F)cc2c(CCCC(=O)O)c1C. The van der Waals surface area contributed by atoms with Crippen LogP contribution in [0.5, 0.6) is 0 Å². The molecule has 2 aromatic rings. The molecule has 0 unspecified atom stereocenters. The molecule has 3 nitrogen and oxygen atoms in total. The normalized spacial score (nSPS) is 11.0. The van der Waals surface area contributed by atoms with E-state index in [2.05, 4.69) is 4.98 Å². The third kappa shape index (κ3) is 3.20. The number of fused-ring (bicyclic) bond motifs is 1. The van der Waals surface area contributed by atoms with Gasteiger partial charge in [0.05, 0.1) is 5.52 Å². The van der Waals surface area contributed by atoms with Gasteiger partial charge < -0.3 is 5.11 Å². The van der Waals surface area contributed by atoms with Crippen LogP contribution in [0.3, 0.4) is 0 Å². The Balaban J connectivity index is 2.55. The summed E-state index contributed by atoms with van der Waals surface area (Å²) < 4.78 is 13.9. The predicted molar refractivity (Wildman–Crippen MR) is 81.1 cm³/mol. The molecule has 1 aromatic heterocycles. The quantitative estimate of drug-likeness (QED) is 0.906. The lowest BCUT2D eigenvalue weighted by molar-refractivity contribution is -0.137. The summed E-state index contributed by atoms with van der Waals surface area (Å²) in [6, 6.07) is 3.30. The Hall–Kier alpha value is -1.97. The van der Waals surface area contributed by atoms with E-state index in [1.165, 1.54) is 6.07 Å². The number of hydrogen-bond acceptors (Lipinski definition) is 2. The predicted octanol–water partition coefficient (Wildman–Crippen LogP) is 3.96. The van der Waals surface area contributed by atoms with Crippen LogP contribution < -0.4 is 0 Å². The Labute approximate surface area is 123 Å². The second kappa shape index (κ2) is 6.20. The number of nitrogens with zero attached hydrogens (tertiary/aromatic N) is 1. The van der Waals surface area contributed by atoms with E-state index in [0.717, 1.165) is 34.1 Å². The average Bonchev–Trinajstić information content (AvgIpc) is 2.43. The molecule has 1 N–H and O–H groups in total. The van der Waals surface area contributed by atoms with E-state index in [1.54, 1.807) is 13.0 Å². The summed E-state index contributed by atoms with van der Waals surface area (Å²) in [6.45, 7) is 5.75. The largest absolute Gasteiger partial charge is 0.481 e. The van der Waals surface area contributed by atoms with Gasteiger partial charge in [-0.05, 0) is 61.9 Å². The van der Waals surface area contributed by atoms with Crippen molar-refractivity contribution in [3.63, 3.8) is 0 Å². The van der Waals surface area contributed by atoms with Crippen LogP contribution in [0, 0.1) is 19.7 Å². The smallest absolute Gasteiger partial charge is 0.303 e. The lowest BCUT2D eigenvalue weighted by atomic mass is 9.95. The lowest BCUT2D eigenvalue weighted by Gasteiger charge is -2.14. The molecule has 4 heteroatoms. The van der Waals surface area contributed by atoms with Gasteiger partial charge in [0.15, 0.2) is 0 Å². The number of rotatable bonds is 5. The molecule has 0 saturated carbocycles. The summed E-state index contributed by atoms with van der Waals surface area (Å²) in [7, 11) is 0. The van der Waals surface area contributed by atoms with Crippen molar-refractivity contribution in [3.05, 3.63) is 40.3 Å². The van der Waals surface area contributed by atoms with Crippen molar-refractivity contribution in [2.75, 3.05) is 0 Å². The number of carbonyl (C=O) groups is 1. The zero-order valence-corrected chi connectivity index (χ0v) is 12.7. The van der Waals surface area contributed by atoms with Gasteiger partial charge in [-0.25, -0.2) is 4.39 Å². The van der Waals surface area contributed by atoms with Gasteiger partial charge in [-0.1, -0.05) is 6.92 Å². The van der Waals surface area contributed by atoms with Gasteiger partial charge in [-0.3, -0.25) is 9.78 Å². The van der Waals surface area contributed by atoms with Crippen molar-refractivity contribution in [2.45, 2.75) is 46.5 Å². The Morgan fingerprint density at radius 3 is 2.67 bits per heavy atom. The highest BCUT2D eigenvalue weighted by molar-refractivity contribution is 5.84. The molecule has 0 spiro atoms. The lowest BCUT2D eigenvalue weighted by Crippen LogP contribution is -2.03. The van der Waals surface area contributed by atoms with Gasteiger partial charge in [0.25, 0.3) is 0 Å². The highest BCUT2D eigenvalue weighted by Gasteiger charge is 2.13. The molecule has 0 fully saturated rings. The standard InChI is InChI=1S/C17H20FNO2/c1-4-15-11(3)12(6-5-7-17(20)21)13-9-14(18)10(2)8-16(13)19-15/h8-9H,4-7H2,1-3H3,(H,20,21). The van der Waals surface area contributed by atoms with Crippen LogP contribution in [-0.4, -0.2) is 16.1 Å². The van der Waals surface area contributed by atoms with Crippen molar-refractivity contribution in [1.29, 1.82) is 0 Å². The summed E-state index contributed by atoms with van der Waals surface area (Å²) in [5.41, 5.74) is 4.45. The van der Waals surface area contributed by atoms with Crippen molar-refractivity contribution >= 4 is 16.9 Å². The van der Waals surface area contributed by atoms with E-state index in [0.29, 0.717) is 18.4 Å². The minimum absolute atomic E-state index is 0.124. The first kappa shape index (κ1) is 15.4. The van der Waals surface area contributed by atoms with Crippen LogP contribution in [0.4, 0.5) is 4.39 Å². The van der Waals surface area contributed by atoms with Crippen LogP contribution in [-0.2, 0) is 17.6 Å². The molecule has 0 saturated heterocycles. The van der Waals surface area contributed by atoms with Crippen LogP contribution in [0.1, 0.15) is 42.1 Å². The Bertz CT molecular complexity index is 695. The minimum Gasteiger partial charge on any atom is -0.481 e. The number of hydrogen-bond donors (Lipinski definition) is 1. The molecule has 21 heavy (non-hydrogen) atoms. The summed E-state index contributed by atoms with van der Waals surface area (Å²) in [4.78, 5) is 15.3. The zero-order chi connectivity index (χ0) is 15.6. The minimum atomic E-state index is -0.802. The number of aromatic nitrogens is 1. The molecular weight excluding hydrogens is 269 g/mol. The Morgan fingerprint density at radius 2 is 2.05 bits per heavy atom. The summed E-state index contributed by atoms with van der Waals surface area (Å²) in [5, 5.41) is 9.59. The number of aryl methyl sites for hydroxylation is 3. The van der Waals surface area contributed by atoms with E-state index in [9.17, 15) is 9.18 Å². The number of halogens is 1. The highest BCUT2D eigenvalue weighted by atomic mass is 19.1. The topological polar surface area (TPSA) is 50.2 Å². The van der Waals surface area contributed by atoms with E-state index >= 15 is 0 Å². The number of aliphatic carboxylic acids is 1. The van der Waals surface area contributed by atoms with Crippen molar-refractivity contribution in [2.24, 2.45) is 0 Å². The summed E-state index contributed by atoms with van der Waals surface area (Å²) in [5.74, 6) is -1.05. The van der Waals surface area contributed by atoms with Crippen molar-refractivity contribution in [1.82, 2.24) is 4.98 Å². The fourth-order valence-corrected chi connectivity index (χ4v) is 2.69. The number of carboxylic acids is 1. The maximum Gasteiger partial charge on any atom is 0.303 e. The second-order valence-corrected chi connectivity index (χ2v) is 5.38. The van der Waals surface area contributed by atoms with E-state index in [1.807, 2.05) is 13.8 Å². The Morgan fingerprint density at radius 1 is 1.33 bits per heavy atom. The van der Waals surface area contributed by atoms with E-state index in [4.69, 9.17) is 5.11 Å². The van der Waals surface area contributed by atoms with Gasteiger partial charge in [0.1, 0.15) is 5.82 Å². The van der Waals surface area contributed by atoms with Crippen molar-refractivity contribution < 1.29 is 14.3 Å². The Kier molecular flexibility index (Phi) is 4.56. The molecule has 112 valence electrons. The monoisotopic (exact) mass is 289 g/mol. The van der Waals surface area contributed by atoms with E-state index < -0.39 is 5.97 Å². The maximum absolute atomic E-state index is 13.9. The third-order valence-electron chi connectivity index (χ3n) is 3.90. The molecule has 0 radical (unpaired) electrons. The molecule has 1 aromatic carbocycles. The van der Waals surface area contributed by atoms with Gasteiger partial charge in [0.2, 0.25) is 0 Å². The molecule has 0 aliphatic heterocycles. The number of benzene rings is 1. The number of pyridine rings is 1. The molecule has 0 aliphatic carbocycles. The van der Waals surface area contributed by atoms with Crippen LogP contribution in [0.2, 0.25) is 0 Å². The molecule has 0 aliphatic rings. The molecule has 0 amide bonds. The summed E-state index contributed by atoms with van der Waals surface area (Å²) >= 11 is 0. The first-order valence-electron chi connectivity index (χ1n) is 7.24. The van der Waals surface area contributed by atoms with E-state index in [-0.39, 0.29) is 12.2 Å². The van der Waals surface area contributed by atoms with Crippen LogP contribution in [0.25, 0.3) is 10.9 Å². The molecular formula is C17H20FNO2. The fraction of sp³-hybridized carbons (Fsp3) is 0.412. The molecule has 2 rings (SSSR count). The number of carboxylic acid groups (broad SMARTS) is 1. The van der Waals surface area contributed by atoms with Crippen LogP contribution in [0.15, 0.2) is 12.1 Å². The average molecular weight is 289 g/mol. The van der Waals surface area contributed by atoms with Gasteiger partial charge >= 0.3 is 5.97 Å². The molecule has 0 atom stereocenters. The van der Waals surface area contributed by atoms with Gasteiger partial charge in [-0.15, -0.1) is 0 Å². The fourth-order valence-electron chi connectivity index (χ4n) is 2.69. The van der Waals surface area contributed by atoms with Gasteiger partial charge in [0, 0.05) is 17.5 Å². The summed E-state index contributed by atoms with van der Waals surface area (Å²) in [6.07, 6.45) is 2.11. The maximum atomic E-state index is 13.9. The molecule has 1 heterocycles. The molecule has 0 bridgehead atoms.